The van der Waals surface area contributed by atoms with Gasteiger partial charge in [-0.2, -0.15) is 0 Å². The SMILES string of the molecule is Cn1c2ccccc2c2cc(-n3c4ccccc4c4cc(-c5cc(Cn6c7ccccc7c7ccccc76)cc6c5n(C)c5nc7ccccc7n65)ccc43)ccc21. The van der Waals surface area contributed by atoms with E-state index in [0.717, 1.165) is 34.6 Å². The largest absolute Gasteiger partial charge is 0.344 e. The third-order valence-corrected chi connectivity index (χ3v) is 12.7. The third-order valence-electron chi connectivity index (χ3n) is 12.7. The van der Waals surface area contributed by atoms with Crippen LogP contribution in [0.5, 0.6) is 0 Å². The van der Waals surface area contributed by atoms with Crippen molar-refractivity contribution in [1.29, 1.82) is 0 Å². The predicted octanol–water partition coefficient (Wildman–Crippen LogP) is 12.5. The van der Waals surface area contributed by atoms with Crippen molar-refractivity contribution in [2.45, 2.75) is 6.54 Å². The summed E-state index contributed by atoms with van der Waals surface area (Å²) in [5.41, 5.74) is 16.6. The molecular formula is C52H36N6. The van der Waals surface area contributed by atoms with Gasteiger partial charge in [0, 0.05) is 86.3 Å². The van der Waals surface area contributed by atoms with Gasteiger partial charge in [-0.05, 0) is 90.0 Å². The van der Waals surface area contributed by atoms with E-state index in [-0.39, 0.29) is 0 Å². The van der Waals surface area contributed by atoms with Crippen molar-refractivity contribution in [1.82, 2.24) is 27.7 Å². The molecule has 0 saturated carbocycles. The van der Waals surface area contributed by atoms with Gasteiger partial charge in [0.05, 0.1) is 33.1 Å². The molecule has 58 heavy (non-hydrogen) atoms. The highest BCUT2D eigenvalue weighted by Gasteiger charge is 2.22. The van der Waals surface area contributed by atoms with Crippen LogP contribution in [0.4, 0.5) is 0 Å². The molecule has 6 nitrogen and oxygen atoms in total. The molecule has 274 valence electrons. The lowest BCUT2D eigenvalue weighted by atomic mass is 9.98. The summed E-state index contributed by atoms with van der Waals surface area (Å²) in [6, 6.07) is 62.4. The highest BCUT2D eigenvalue weighted by atomic mass is 15.2. The number of hydrogen-bond acceptors (Lipinski definition) is 1. The molecule has 0 atom stereocenters. The van der Waals surface area contributed by atoms with Crippen LogP contribution in [0.15, 0.2) is 170 Å². The second kappa shape index (κ2) is 11.5. The summed E-state index contributed by atoms with van der Waals surface area (Å²) in [6.07, 6.45) is 0. The maximum Gasteiger partial charge on any atom is 0.215 e. The zero-order valence-corrected chi connectivity index (χ0v) is 32.1. The highest BCUT2D eigenvalue weighted by molar-refractivity contribution is 6.13. The van der Waals surface area contributed by atoms with Gasteiger partial charge in [-0.1, -0.05) is 91.0 Å². The molecule has 0 N–H and O–H groups in total. The molecule has 0 aliphatic rings. The molecular weight excluding hydrogens is 709 g/mol. The summed E-state index contributed by atoms with van der Waals surface area (Å²) in [7, 11) is 4.32. The topological polar surface area (TPSA) is 37.0 Å². The maximum absolute atomic E-state index is 5.16. The first-order valence-corrected chi connectivity index (χ1v) is 20.0. The number of hydrogen-bond donors (Lipinski definition) is 0. The van der Waals surface area contributed by atoms with Gasteiger partial charge in [-0.3, -0.25) is 4.40 Å². The van der Waals surface area contributed by atoms with Crippen molar-refractivity contribution in [3.8, 4) is 16.8 Å². The molecule has 5 heterocycles. The van der Waals surface area contributed by atoms with Crippen LogP contribution in [-0.2, 0) is 20.6 Å². The van der Waals surface area contributed by atoms with Crippen molar-refractivity contribution in [2.24, 2.45) is 14.1 Å². The van der Waals surface area contributed by atoms with Gasteiger partial charge < -0.3 is 18.3 Å². The lowest BCUT2D eigenvalue weighted by Gasteiger charge is -2.13. The Morgan fingerprint density at radius 2 is 0.983 bits per heavy atom. The number of aryl methyl sites for hydroxylation is 2. The standard InChI is InChI=1S/C52H36N6/c1-54-43-18-8-3-15-37(43)41-30-34(24-26-44(41)54)57-47-21-11-6-16-38(47)40-29-33(23-25-48(40)57)39-27-32(31-56-45-19-9-4-13-35(45)36-14-5-10-20-46(36)56)28-50-51(39)55(2)52-53-42-17-7-12-22-49(42)58(50)52/h3-30H,31H2,1-2H3. The average molecular weight is 745 g/mol. The second-order valence-corrected chi connectivity index (χ2v) is 15.8. The molecule has 0 aliphatic carbocycles. The minimum atomic E-state index is 0.734. The van der Waals surface area contributed by atoms with Gasteiger partial charge in [-0.15, -0.1) is 0 Å². The minimum absolute atomic E-state index is 0.734. The van der Waals surface area contributed by atoms with Crippen molar-refractivity contribution in [3.63, 3.8) is 0 Å². The first kappa shape index (κ1) is 31.6. The van der Waals surface area contributed by atoms with E-state index in [9.17, 15) is 0 Å². The summed E-state index contributed by atoms with van der Waals surface area (Å²) >= 11 is 0. The van der Waals surface area contributed by atoms with Gasteiger partial charge >= 0.3 is 0 Å². The zero-order valence-electron chi connectivity index (χ0n) is 32.1. The summed E-state index contributed by atoms with van der Waals surface area (Å²) < 4.78 is 11.8. The first-order chi connectivity index (χ1) is 28.6. The Morgan fingerprint density at radius 1 is 0.431 bits per heavy atom. The molecule has 13 rings (SSSR count). The summed E-state index contributed by atoms with van der Waals surface area (Å²) in [5.74, 6) is 0.938. The fourth-order valence-electron chi connectivity index (χ4n) is 10.2. The zero-order chi connectivity index (χ0) is 38.2. The number of para-hydroxylation sites is 6. The molecule has 0 amide bonds. The second-order valence-electron chi connectivity index (χ2n) is 15.8. The maximum atomic E-state index is 5.16. The van der Waals surface area contributed by atoms with E-state index in [4.69, 9.17) is 4.98 Å². The van der Waals surface area contributed by atoms with Crippen LogP contribution in [0.25, 0.3) is 110 Å². The molecule has 0 aliphatic heterocycles. The fourth-order valence-corrected chi connectivity index (χ4v) is 10.2. The van der Waals surface area contributed by atoms with E-state index in [1.165, 1.54) is 87.6 Å². The van der Waals surface area contributed by atoms with E-state index in [1.54, 1.807) is 0 Å². The van der Waals surface area contributed by atoms with E-state index in [2.05, 4.69) is 207 Å². The Morgan fingerprint density at radius 3 is 1.72 bits per heavy atom. The van der Waals surface area contributed by atoms with Crippen LogP contribution < -0.4 is 0 Å². The number of aromatic nitrogens is 6. The van der Waals surface area contributed by atoms with Crippen LogP contribution in [0, 0.1) is 0 Å². The molecule has 0 unspecified atom stereocenters. The Bertz CT molecular complexity index is 3810. The molecule has 0 fully saturated rings. The number of benzene rings is 8. The third kappa shape index (κ3) is 4.18. The molecule has 13 aromatic rings. The molecule has 0 saturated heterocycles. The van der Waals surface area contributed by atoms with Crippen LogP contribution >= 0.6 is 0 Å². The van der Waals surface area contributed by atoms with E-state index in [1.807, 2.05) is 0 Å². The Balaban J connectivity index is 1.07. The molecule has 8 aromatic carbocycles. The van der Waals surface area contributed by atoms with Gasteiger partial charge in [0.25, 0.3) is 0 Å². The van der Waals surface area contributed by atoms with Crippen molar-refractivity contribution in [2.75, 3.05) is 0 Å². The van der Waals surface area contributed by atoms with Crippen LogP contribution in [0.1, 0.15) is 5.56 Å². The normalized spacial score (nSPS) is 12.4. The Hall–Kier alpha value is -7.57. The Labute approximate surface area is 332 Å². The van der Waals surface area contributed by atoms with Gasteiger partial charge in [0.15, 0.2) is 0 Å². The van der Waals surface area contributed by atoms with E-state index < -0.39 is 0 Å². The molecule has 0 bridgehead atoms. The number of nitrogens with zero attached hydrogens (tertiary/aromatic N) is 6. The molecule has 0 spiro atoms. The number of imidazole rings is 2. The van der Waals surface area contributed by atoms with Crippen molar-refractivity contribution in [3.05, 3.63) is 175 Å². The summed E-state index contributed by atoms with van der Waals surface area (Å²) in [5, 5.41) is 7.57. The van der Waals surface area contributed by atoms with E-state index in [0.29, 0.717) is 0 Å². The summed E-state index contributed by atoms with van der Waals surface area (Å²) in [6.45, 7) is 0.734. The van der Waals surface area contributed by atoms with Crippen molar-refractivity contribution >= 4 is 93.3 Å². The Kier molecular flexibility index (Phi) is 6.27. The first-order valence-electron chi connectivity index (χ1n) is 20.0. The van der Waals surface area contributed by atoms with Gasteiger partial charge in [0.1, 0.15) is 0 Å². The molecule has 6 heteroatoms. The van der Waals surface area contributed by atoms with E-state index >= 15 is 0 Å². The molecule has 0 radical (unpaired) electrons. The number of fused-ring (bicyclic) bond motifs is 14. The highest BCUT2D eigenvalue weighted by Crippen LogP contribution is 2.40. The number of rotatable bonds is 4. The van der Waals surface area contributed by atoms with Gasteiger partial charge in [0.2, 0.25) is 5.78 Å². The van der Waals surface area contributed by atoms with Crippen molar-refractivity contribution < 1.29 is 0 Å². The monoisotopic (exact) mass is 744 g/mol. The lowest BCUT2D eigenvalue weighted by Crippen LogP contribution is -2.01. The average Bonchev–Trinajstić information content (AvgIpc) is 4.05. The van der Waals surface area contributed by atoms with Crippen LogP contribution in [-0.4, -0.2) is 27.7 Å². The van der Waals surface area contributed by atoms with Crippen LogP contribution in [0.2, 0.25) is 0 Å². The quantitative estimate of drug-likeness (QED) is 0.177. The smallest absolute Gasteiger partial charge is 0.215 e. The summed E-state index contributed by atoms with van der Waals surface area (Å²) in [4.78, 5) is 5.16. The lowest BCUT2D eigenvalue weighted by molar-refractivity contribution is 0.870. The minimum Gasteiger partial charge on any atom is -0.344 e. The fraction of sp³-hybridized carbons (Fsp3) is 0.0577. The molecule has 5 aromatic heterocycles. The van der Waals surface area contributed by atoms with Crippen LogP contribution in [0.3, 0.4) is 0 Å². The van der Waals surface area contributed by atoms with Gasteiger partial charge in [-0.25, -0.2) is 4.98 Å². The predicted molar refractivity (Wildman–Crippen MR) is 241 cm³/mol.